The fraction of sp³-hybridized carbons (Fsp3) is 0.0625. The molecular formula is C16H12N2O. The number of ketones is 1. The van der Waals surface area contributed by atoms with Crippen molar-refractivity contribution in [2.75, 3.05) is 0 Å². The van der Waals surface area contributed by atoms with Crippen molar-refractivity contribution < 1.29 is 4.79 Å². The fourth-order valence-electron chi connectivity index (χ4n) is 2.10. The van der Waals surface area contributed by atoms with Crippen LogP contribution in [0, 0.1) is 6.92 Å². The summed E-state index contributed by atoms with van der Waals surface area (Å²) in [6, 6.07) is 11.2. The lowest BCUT2D eigenvalue weighted by atomic mass is 9.99. The molecule has 2 aromatic heterocycles. The van der Waals surface area contributed by atoms with Gasteiger partial charge in [0, 0.05) is 35.1 Å². The zero-order chi connectivity index (χ0) is 13.2. The molecule has 0 unspecified atom stereocenters. The molecule has 19 heavy (non-hydrogen) atoms. The highest BCUT2D eigenvalue weighted by molar-refractivity contribution is 6.11. The van der Waals surface area contributed by atoms with Gasteiger partial charge < -0.3 is 0 Å². The molecule has 3 heteroatoms. The van der Waals surface area contributed by atoms with Gasteiger partial charge in [0.1, 0.15) is 0 Å². The summed E-state index contributed by atoms with van der Waals surface area (Å²) in [5.41, 5.74) is 3.15. The molecule has 2 heterocycles. The third kappa shape index (κ3) is 2.10. The maximum absolute atomic E-state index is 12.5. The fourth-order valence-corrected chi connectivity index (χ4v) is 2.10. The highest BCUT2D eigenvalue weighted by Crippen LogP contribution is 2.17. The Bertz CT molecular complexity index is 765. The minimum absolute atomic E-state index is 0.0191. The first kappa shape index (κ1) is 11.5. The Morgan fingerprint density at radius 1 is 1.11 bits per heavy atom. The van der Waals surface area contributed by atoms with E-state index < -0.39 is 0 Å². The van der Waals surface area contributed by atoms with Crippen LogP contribution in [0.4, 0.5) is 0 Å². The summed E-state index contributed by atoms with van der Waals surface area (Å²) in [5, 5.41) is 0.972. The average molecular weight is 248 g/mol. The molecular weight excluding hydrogens is 236 g/mol. The Balaban J connectivity index is 2.09. The molecule has 0 amide bonds. The number of aromatic nitrogens is 2. The number of nitrogens with zero attached hydrogens (tertiary/aromatic N) is 2. The van der Waals surface area contributed by atoms with E-state index in [9.17, 15) is 4.79 Å². The summed E-state index contributed by atoms with van der Waals surface area (Å²) < 4.78 is 0. The number of fused-ring (bicyclic) bond motifs is 1. The van der Waals surface area contributed by atoms with Gasteiger partial charge in [0.05, 0.1) is 5.52 Å². The van der Waals surface area contributed by atoms with Crippen LogP contribution < -0.4 is 0 Å². The molecule has 0 fully saturated rings. The number of benzene rings is 1. The Morgan fingerprint density at radius 3 is 2.84 bits per heavy atom. The van der Waals surface area contributed by atoms with Gasteiger partial charge in [0.25, 0.3) is 0 Å². The van der Waals surface area contributed by atoms with Crippen molar-refractivity contribution in [2.24, 2.45) is 0 Å². The zero-order valence-corrected chi connectivity index (χ0v) is 10.5. The van der Waals surface area contributed by atoms with E-state index in [1.165, 1.54) is 0 Å². The molecule has 0 N–H and O–H groups in total. The van der Waals surface area contributed by atoms with Crippen molar-refractivity contribution in [3.05, 3.63) is 71.7 Å². The van der Waals surface area contributed by atoms with E-state index in [1.54, 1.807) is 24.7 Å². The van der Waals surface area contributed by atoms with Crippen molar-refractivity contribution >= 4 is 16.7 Å². The van der Waals surface area contributed by atoms with E-state index in [0.717, 1.165) is 16.5 Å². The van der Waals surface area contributed by atoms with E-state index in [4.69, 9.17) is 0 Å². The topological polar surface area (TPSA) is 42.9 Å². The molecule has 0 aliphatic rings. The first-order chi connectivity index (χ1) is 9.25. The molecule has 0 aliphatic carbocycles. The largest absolute Gasteiger partial charge is 0.289 e. The van der Waals surface area contributed by atoms with Crippen molar-refractivity contribution in [1.29, 1.82) is 0 Å². The van der Waals surface area contributed by atoms with E-state index in [1.807, 2.05) is 37.3 Å². The molecule has 92 valence electrons. The SMILES string of the molecule is Cc1cnccc1C(=O)c1ccc2ncccc2c1. The van der Waals surface area contributed by atoms with Gasteiger partial charge >= 0.3 is 0 Å². The van der Waals surface area contributed by atoms with E-state index in [-0.39, 0.29) is 5.78 Å². The van der Waals surface area contributed by atoms with Crippen LogP contribution in [0.25, 0.3) is 10.9 Å². The standard InChI is InChI=1S/C16H12N2O/c1-11-10-17-8-6-14(11)16(19)13-4-5-15-12(9-13)3-2-7-18-15/h2-10H,1H3. The summed E-state index contributed by atoms with van der Waals surface area (Å²) in [6.07, 6.45) is 5.09. The van der Waals surface area contributed by atoms with E-state index >= 15 is 0 Å². The number of carbonyl (C=O) groups is 1. The first-order valence-corrected chi connectivity index (χ1v) is 6.06. The summed E-state index contributed by atoms with van der Waals surface area (Å²) in [6.45, 7) is 1.89. The molecule has 3 aromatic rings. The van der Waals surface area contributed by atoms with Gasteiger partial charge in [-0.3, -0.25) is 14.8 Å². The molecule has 0 atom stereocenters. The predicted octanol–water partition coefficient (Wildman–Crippen LogP) is 3.17. The minimum atomic E-state index is 0.0191. The normalized spacial score (nSPS) is 10.6. The van der Waals surface area contributed by atoms with Crippen LogP contribution in [0.1, 0.15) is 21.5 Å². The third-order valence-corrected chi connectivity index (χ3v) is 3.13. The Morgan fingerprint density at radius 2 is 2.00 bits per heavy atom. The molecule has 1 aromatic carbocycles. The number of hydrogen-bond donors (Lipinski definition) is 0. The number of rotatable bonds is 2. The number of pyridine rings is 2. The molecule has 0 bridgehead atoms. The number of carbonyl (C=O) groups excluding carboxylic acids is 1. The third-order valence-electron chi connectivity index (χ3n) is 3.13. The van der Waals surface area contributed by atoms with Crippen molar-refractivity contribution in [3.63, 3.8) is 0 Å². The lowest BCUT2D eigenvalue weighted by Crippen LogP contribution is -2.04. The van der Waals surface area contributed by atoms with Crippen LogP contribution in [-0.4, -0.2) is 15.8 Å². The smallest absolute Gasteiger partial charge is 0.193 e. The van der Waals surface area contributed by atoms with Gasteiger partial charge in [0.15, 0.2) is 5.78 Å². The first-order valence-electron chi connectivity index (χ1n) is 6.06. The second-order valence-electron chi connectivity index (χ2n) is 4.43. The molecule has 0 radical (unpaired) electrons. The van der Waals surface area contributed by atoms with Gasteiger partial charge in [-0.05, 0) is 42.8 Å². The van der Waals surface area contributed by atoms with Crippen LogP contribution in [0.5, 0.6) is 0 Å². The van der Waals surface area contributed by atoms with Crippen LogP contribution in [0.15, 0.2) is 55.0 Å². The summed E-state index contributed by atoms with van der Waals surface area (Å²) in [7, 11) is 0. The number of aryl methyl sites for hydroxylation is 1. The summed E-state index contributed by atoms with van der Waals surface area (Å²) in [4.78, 5) is 20.7. The lowest BCUT2D eigenvalue weighted by molar-refractivity contribution is 0.103. The van der Waals surface area contributed by atoms with Crippen molar-refractivity contribution in [2.45, 2.75) is 6.92 Å². The van der Waals surface area contributed by atoms with Gasteiger partial charge in [-0.2, -0.15) is 0 Å². The minimum Gasteiger partial charge on any atom is -0.289 e. The Hall–Kier alpha value is -2.55. The summed E-state index contributed by atoms with van der Waals surface area (Å²) in [5.74, 6) is 0.0191. The van der Waals surface area contributed by atoms with Crippen LogP contribution in [-0.2, 0) is 0 Å². The van der Waals surface area contributed by atoms with Crippen molar-refractivity contribution in [3.8, 4) is 0 Å². The zero-order valence-electron chi connectivity index (χ0n) is 10.5. The molecule has 3 nitrogen and oxygen atoms in total. The van der Waals surface area contributed by atoms with Crippen LogP contribution >= 0.6 is 0 Å². The second kappa shape index (κ2) is 4.61. The van der Waals surface area contributed by atoms with E-state index in [0.29, 0.717) is 11.1 Å². The van der Waals surface area contributed by atoms with Crippen LogP contribution in [0.2, 0.25) is 0 Å². The quantitative estimate of drug-likeness (QED) is 0.654. The van der Waals surface area contributed by atoms with Gasteiger partial charge in [-0.25, -0.2) is 0 Å². The van der Waals surface area contributed by atoms with Crippen molar-refractivity contribution in [1.82, 2.24) is 9.97 Å². The maximum atomic E-state index is 12.5. The second-order valence-corrected chi connectivity index (χ2v) is 4.43. The molecule has 0 saturated carbocycles. The van der Waals surface area contributed by atoms with Gasteiger partial charge in [0.2, 0.25) is 0 Å². The maximum Gasteiger partial charge on any atom is 0.193 e. The predicted molar refractivity (Wildman–Crippen MR) is 74.1 cm³/mol. The molecule has 0 spiro atoms. The summed E-state index contributed by atoms with van der Waals surface area (Å²) >= 11 is 0. The molecule has 3 rings (SSSR count). The van der Waals surface area contributed by atoms with Gasteiger partial charge in [-0.15, -0.1) is 0 Å². The highest BCUT2D eigenvalue weighted by atomic mass is 16.1. The Labute approximate surface area is 111 Å². The Kier molecular flexibility index (Phi) is 2.80. The average Bonchev–Trinajstić information content (AvgIpc) is 2.46. The monoisotopic (exact) mass is 248 g/mol. The van der Waals surface area contributed by atoms with Crippen LogP contribution in [0.3, 0.4) is 0 Å². The van der Waals surface area contributed by atoms with E-state index in [2.05, 4.69) is 9.97 Å². The lowest BCUT2D eigenvalue weighted by Gasteiger charge is -2.05. The molecule has 0 saturated heterocycles. The van der Waals surface area contributed by atoms with Gasteiger partial charge in [-0.1, -0.05) is 6.07 Å². The highest BCUT2D eigenvalue weighted by Gasteiger charge is 2.11. The molecule has 0 aliphatic heterocycles. The number of hydrogen-bond acceptors (Lipinski definition) is 3.